The molecule has 2 rings (SSSR count). The summed E-state index contributed by atoms with van der Waals surface area (Å²) in [6.45, 7) is 3.91. The molecule has 26 heavy (non-hydrogen) atoms. The van der Waals surface area contributed by atoms with Crippen LogP contribution in [0.4, 0.5) is 0 Å². The van der Waals surface area contributed by atoms with Gasteiger partial charge in [0.2, 0.25) is 0 Å². The average molecular weight is 374 g/mol. The summed E-state index contributed by atoms with van der Waals surface area (Å²) < 4.78 is 9.95. The molecule has 0 aliphatic carbocycles. The van der Waals surface area contributed by atoms with E-state index >= 15 is 0 Å². The van der Waals surface area contributed by atoms with Crippen molar-refractivity contribution in [3.63, 3.8) is 0 Å². The fourth-order valence-electron chi connectivity index (χ4n) is 2.12. The van der Waals surface area contributed by atoms with Crippen molar-refractivity contribution in [3.8, 4) is 0 Å². The number of carbonyl (C=O) groups excluding carboxylic acids is 2. The van der Waals surface area contributed by atoms with Crippen LogP contribution in [-0.2, 0) is 9.47 Å². The molecule has 2 aromatic rings. The largest absolute Gasteiger partial charge is 0.478 e. The number of carboxylic acid groups (broad SMARTS) is 1. The van der Waals surface area contributed by atoms with Gasteiger partial charge in [-0.3, -0.25) is 0 Å². The molecule has 0 saturated heterocycles. The smallest absolute Gasteiger partial charge is 0.339 e. The van der Waals surface area contributed by atoms with Crippen molar-refractivity contribution in [2.45, 2.75) is 23.6 Å². The van der Waals surface area contributed by atoms with E-state index in [0.717, 1.165) is 4.90 Å². The van der Waals surface area contributed by atoms with Crippen LogP contribution in [0.5, 0.6) is 0 Å². The SMILES string of the molecule is CCOC(=O)c1ccc(Sc2ccc(C(=O)O)cc2C(=O)OCC)cc1. The van der Waals surface area contributed by atoms with Crippen molar-refractivity contribution < 1.29 is 29.0 Å². The quantitative estimate of drug-likeness (QED) is 0.735. The molecular weight excluding hydrogens is 356 g/mol. The first-order valence-electron chi connectivity index (χ1n) is 7.95. The van der Waals surface area contributed by atoms with Crippen molar-refractivity contribution in [2.24, 2.45) is 0 Å². The minimum absolute atomic E-state index is 0.00932. The maximum atomic E-state index is 12.2. The van der Waals surface area contributed by atoms with Crippen LogP contribution in [0.3, 0.4) is 0 Å². The summed E-state index contributed by atoms with van der Waals surface area (Å²) in [5.74, 6) is -2.10. The standard InChI is InChI=1S/C19H18O6S/c1-3-24-18(22)12-5-8-14(9-6-12)26-16-10-7-13(17(20)21)11-15(16)19(23)25-4-2/h5-11H,3-4H2,1-2H3,(H,20,21). The topological polar surface area (TPSA) is 89.9 Å². The molecule has 7 heteroatoms. The molecule has 0 aliphatic rings. The highest BCUT2D eigenvalue weighted by molar-refractivity contribution is 7.99. The van der Waals surface area contributed by atoms with Crippen LogP contribution in [0.1, 0.15) is 44.9 Å². The number of ether oxygens (including phenoxy) is 2. The summed E-state index contributed by atoms with van der Waals surface area (Å²) in [7, 11) is 0. The van der Waals surface area contributed by atoms with Crippen molar-refractivity contribution >= 4 is 29.7 Å². The van der Waals surface area contributed by atoms with E-state index in [0.29, 0.717) is 17.1 Å². The monoisotopic (exact) mass is 374 g/mol. The molecule has 0 aliphatic heterocycles. The normalized spacial score (nSPS) is 10.2. The minimum atomic E-state index is -1.12. The fourth-order valence-corrected chi connectivity index (χ4v) is 3.04. The Labute approximate surface area is 155 Å². The lowest BCUT2D eigenvalue weighted by atomic mass is 10.1. The van der Waals surface area contributed by atoms with Gasteiger partial charge in [-0.05, 0) is 56.3 Å². The first-order valence-corrected chi connectivity index (χ1v) is 8.77. The van der Waals surface area contributed by atoms with E-state index in [1.54, 1.807) is 44.2 Å². The Morgan fingerprint density at radius 2 is 1.46 bits per heavy atom. The van der Waals surface area contributed by atoms with Crippen LogP contribution in [0.15, 0.2) is 52.3 Å². The van der Waals surface area contributed by atoms with E-state index in [1.807, 2.05) is 0 Å². The highest BCUT2D eigenvalue weighted by Crippen LogP contribution is 2.32. The zero-order chi connectivity index (χ0) is 19.1. The van der Waals surface area contributed by atoms with Crippen molar-refractivity contribution in [2.75, 3.05) is 13.2 Å². The predicted octanol–water partition coefficient (Wildman–Crippen LogP) is 3.89. The second-order valence-corrected chi connectivity index (χ2v) is 6.20. The Hall–Kier alpha value is -2.80. The van der Waals surface area contributed by atoms with E-state index < -0.39 is 17.9 Å². The molecule has 0 saturated carbocycles. The Bertz CT molecular complexity index is 813. The Morgan fingerprint density at radius 3 is 2.04 bits per heavy atom. The molecule has 0 heterocycles. The molecular formula is C19H18O6S. The van der Waals surface area contributed by atoms with Gasteiger partial charge in [0.05, 0.1) is 29.9 Å². The first kappa shape index (κ1) is 19.5. The molecule has 1 N–H and O–H groups in total. The number of aromatic carboxylic acids is 1. The number of hydrogen-bond acceptors (Lipinski definition) is 6. The van der Waals surface area contributed by atoms with Gasteiger partial charge >= 0.3 is 17.9 Å². The lowest BCUT2D eigenvalue weighted by molar-refractivity contribution is 0.0514. The maximum Gasteiger partial charge on any atom is 0.339 e. The number of rotatable bonds is 7. The summed E-state index contributed by atoms with van der Waals surface area (Å²) >= 11 is 1.28. The van der Waals surface area contributed by atoms with Crippen LogP contribution in [0, 0.1) is 0 Å². The van der Waals surface area contributed by atoms with Crippen molar-refractivity contribution in [3.05, 3.63) is 59.2 Å². The Kier molecular flexibility index (Phi) is 6.80. The van der Waals surface area contributed by atoms with E-state index in [-0.39, 0.29) is 17.7 Å². The Balaban J connectivity index is 2.29. The maximum absolute atomic E-state index is 12.2. The molecule has 0 amide bonds. The van der Waals surface area contributed by atoms with Crippen molar-refractivity contribution in [1.29, 1.82) is 0 Å². The molecule has 0 aromatic heterocycles. The van der Waals surface area contributed by atoms with Gasteiger partial charge in [-0.15, -0.1) is 0 Å². The van der Waals surface area contributed by atoms with Crippen LogP contribution < -0.4 is 0 Å². The van der Waals surface area contributed by atoms with Gasteiger partial charge in [0.1, 0.15) is 0 Å². The highest BCUT2D eigenvalue weighted by atomic mass is 32.2. The number of hydrogen-bond donors (Lipinski definition) is 1. The number of esters is 2. The predicted molar refractivity (Wildman–Crippen MR) is 95.9 cm³/mol. The molecule has 6 nitrogen and oxygen atoms in total. The number of benzene rings is 2. The summed E-state index contributed by atoms with van der Waals surface area (Å²) in [6.07, 6.45) is 0. The molecule has 0 spiro atoms. The molecule has 136 valence electrons. The molecule has 0 radical (unpaired) electrons. The average Bonchev–Trinajstić information content (AvgIpc) is 2.62. The summed E-state index contributed by atoms with van der Waals surface area (Å²) in [4.78, 5) is 36.3. The van der Waals surface area contributed by atoms with Crippen molar-refractivity contribution in [1.82, 2.24) is 0 Å². The molecule has 0 bridgehead atoms. The first-order chi connectivity index (χ1) is 12.5. The number of carbonyl (C=O) groups is 3. The van der Waals surface area contributed by atoms with E-state index in [4.69, 9.17) is 14.6 Å². The zero-order valence-electron chi connectivity index (χ0n) is 14.4. The molecule has 2 aromatic carbocycles. The minimum Gasteiger partial charge on any atom is -0.478 e. The third-order valence-corrected chi connectivity index (χ3v) is 4.40. The van der Waals surface area contributed by atoms with Gasteiger partial charge in [-0.2, -0.15) is 0 Å². The van der Waals surface area contributed by atoms with Gasteiger partial charge in [0, 0.05) is 9.79 Å². The Morgan fingerprint density at radius 1 is 0.885 bits per heavy atom. The van der Waals surface area contributed by atoms with Gasteiger partial charge in [0.25, 0.3) is 0 Å². The van der Waals surface area contributed by atoms with Gasteiger partial charge in [-0.25, -0.2) is 14.4 Å². The lowest BCUT2D eigenvalue weighted by Gasteiger charge is -2.10. The number of carboxylic acids is 1. The van der Waals surface area contributed by atoms with E-state index in [9.17, 15) is 14.4 Å². The lowest BCUT2D eigenvalue weighted by Crippen LogP contribution is -2.08. The van der Waals surface area contributed by atoms with Gasteiger partial charge < -0.3 is 14.6 Å². The fraction of sp³-hybridized carbons (Fsp3) is 0.211. The third-order valence-electron chi connectivity index (χ3n) is 3.32. The van der Waals surface area contributed by atoms with Gasteiger partial charge in [0.15, 0.2) is 0 Å². The molecule has 0 unspecified atom stereocenters. The van der Waals surface area contributed by atoms with E-state index in [2.05, 4.69) is 0 Å². The highest BCUT2D eigenvalue weighted by Gasteiger charge is 2.17. The van der Waals surface area contributed by atoms with Crippen LogP contribution in [0.2, 0.25) is 0 Å². The summed E-state index contributed by atoms with van der Waals surface area (Å²) in [5.41, 5.74) is 0.629. The second-order valence-electron chi connectivity index (χ2n) is 5.08. The van der Waals surface area contributed by atoms with Gasteiger partial charge in [-0.1, -0.05) is 11.8 Å². The molecule has 0 atom stereocenters. The third kappa shape index (κ3) is 4.86. The summed E-state index contributed by atoms with van der Waals surface area (Å²) in [6, 6.07) is 11.0. The van der Waals surface area contributed by atoms with Crippen LogP contribution >= 0.6 is 11.8 Å². The van der Waals surface area contributed by atoms with E-state index in [1.165, 1.54) is 23.9 Å². The second kappa shape index (κ2) is 9.05. The molecule has 0 fully saturated rings. The summed E-state index contributed by atoms with van der Waals surface area (Å²) in [5, 5.41) is 9.13. The van der Waals surface area contributed by atoms with Crippen LogP contribution in [0.25, 0.3) is 0 Å². The zero-order valence-corrected chi connectivity index (χ0v) is 15.2. The van der Waals surface area contributed by atoms with Crippen LogP contribution in [-0.4, -0.2) is 36.2 Å².